The minimum absolute atomic E-state index is 0.118. The van der Waals surface area contributed by atoms with Crippen LogP contribution >= 0.6 is 11.8 Å². The molecule has 18 heavy (non-hydrogen) atoms. The molecule has 1 aliphatic heterocycles. The van der Waals surface area contributed by atoms with E-state index in [1.54, 1.807) is 0 Å². The highest BCUT2D eigenvalue weighted by Crippen LogP contribution is 2.25. The quantitative estimate of drug-likeness (QED) is 0.817. The van der Waals surface area contributed by atoms with Crippen molar-refractivity contribution >= 4 is 17.4 Å². The van der Waals surface area contributed by atoms with Gasteiger partial charge in [-0.3, -0.25) is 0 Å². The Morgan fingerprint density at radius 2 is 2.06 bits per heavy atom. The van der Waals surface area contributed by atoms with Crippen LogP contribution in [-0.2, 0) is 9.47 Å². The molecule has 0 unspecified atom stereocenters. The molecule has 2 rings (SSSR count). The fourth-order valence-electron chi connectivity index (χ4n) is 2.10. The Kier molecular flexibility index (Phi) is 5.35. The molecule has 0 N–H and O–H groups in total. The lowest BCUT2D eigenvalue weighted by molar-refractivity contribution is -0.152. The minimum atomic E-state index is -0.118. The molecule has 1 aromatic rings. The van der Waals surface area contributed by atoms with Crippen LogP contribution in [0.4, 0.5) is 5.69 Å². The molecule has 0 radical (unpaired) electrons. The maximum Gasteiger partial charge on any atom is 0.176 e. The first kappa shape index (κ1) is 13.7. The predicted octanol–water partition coefficient (Wildman–Crippen LogP) is 2.97. The zero-order valence-corrected chi connectivity index (χ0v) is 11.9. The monoisotopic (exact) mass is 267 g/mol. The van der Waals surface area contributed by atoms with Crippen LogP contribution in [0.25, 0.3) is 0 Å². The van der Waals surface area contributed by atoms with Gasteiger partial charge in [-0.05, 0) is 24.8 Å². The molecule has 0 spiro atoms. The summed E-state index contributed by atoms with van der Waals surface area (Å²) in [6.07, 6.45) is -0.118. The average Bonchev–Trinajstić information content (AvgIpc) is 2.40. The van der Waals surface area contributed by atoms with Crippen LogP contribution in [0.2, 0.25) is 0 Å². The third-order valence-corrected chi connectivity index (χ3v) is 3.83. The SMILES string of the molecule is CCO[C@H]1CN(c2ccccc2)C[C@@H](SCC)O1. The summed E-state index contributed by atoms with van der Waals surface area (Å²) >= 11 is 1.84. The van der Waals surface area contributed by atoms with Gasteiger partial charge in [-0.1, -0.05) is 25.1 Å². The molecule has 1 aromatic carbocycles. The van der Waals surface area contributed by atoms with Crippen molar-refractivity contribution in [1.29, 1.82) is 0 Å². The van der Waals surface area contributed by atoms with E-state index in [0.717, 1.165) is 18.8 Å². The van der Waals surface area contributed by atoms with Crippen molar-refractivity contribution in [3.8, 4) is 0 Å². The summed E-state index contributed by atoms with van der Waals surface area (Å²) in [7, 11) is 0. The standard InChI is InChI=1S/C14H21NO2S/c1-3-16-13-10-15(11-14(17-13)18-4-2)12-8-6-5-7-9-12/h5-9,13-14H,3-4,10-11H2,1-2H3/t13-,14-/m1/s1. The third kappa shape index (κ3) is 3.64. The molecule has 1 saturated heterocycles. The van der Waals surface area contributed by atoms with Gasteiger partial charge in [0.2, 0.25) is 0 Å². The topological polar surface area (TPSA) is 21.7 Å². The van der Waals surface area contributed by atoms with E-state index in [1.165, 1.54) is 5.69 Å². The van der Waals surface area contributed by atoms with Gasteiger partial charge < -0.3 is 14.4 Å². The molecular formula is C14H21NO2S. The van der Waals surface area contributed by atoms with Gasteiger partial charge in [-0.25, -0.2) is 0 Å². The van der Waals surface area contributed by atoms with Crippen LogP contribution in [0.5, 0.6) is 0 Å². The number of para-hydroxylation sites is 1. The highest BCUT2D eigenvalue weighted by atomic mass is 32.2. The van der Waals surface area contributed by atoms with Crippen LogP contribution in [0.15, 0.2) is 30.3 Å². The zero-order chi connectivity index (χ0) is 12.8. The Labute approximate surface area is 113 Å². The van der Waals surface area contributed by atoms with E-state index < -0.39 is 0 Å². The molecule has 1 fully saturated rings. The summed E-state index contributed by atoms with van der Waals surface area (Å²) in [5.41, 5.74) is 1.44. The molecule has 4 heteroatoms. The van der Waals surface area contributed by atoms with Crippen molar-refractivity contribution in [3.63, 3.8) is 0 Å². The first-order valence-electron chi connectivity index (χ1n) is 6.52. The van der Waals surface area contributed by atoms with Crippen LogP contribution in [0, 0.1) is 0 Å². The number of morpholine rings is 1. The van der Waals surface area contributed by atoms with Crippen LogP contribution < -0.4 is 4.90 Å². The van der Waals surface area contributed by atoms with Gasteiger partial charge in [0.05, 0.1) is 13.1 Å². The van der Waals surface area contributed by atoms with Crippen molar-refractivity contribution in [2.45, 2.75) is 25.6 Å². The molecule has 0 amide bonds. The predicted molar refractivity (Wildman–Crippen MR) is 77.1 cm³/mol. The lowest BCUT2D eigenvalue weighted by Crippen LogP contribution is -2.47. The molecule has 3 nitrogen and oxygen atoms in total. The Hall–Kier alpha value is -0.710. The second-order valence-electron chi connectivity index (χ2n) is 4.15. The van der Waals surface area contributed by atoms with Crippen molar-refractivity contribution in [2.24, 2.45) is 0 Å². The number of thioether (sulfide) groups is 1. The molecule has 0 aromatic heterocycles. The number of ether oxygens (including phenoxy) is 2. The highest BCUT2D eigenvalue weighted by molar-refractivity contribution is 7.99. The van der Waals surface area contributed by atoms with E-state index in [0.29, 0.717) is 6.61 Å². The molecule has 100 valence electrons. The summed E-state index contributed by atoms with van der Waals surface area (Å²) in [5, 5.41) is 0. The molecule has 1 heterocycles. The van der Waals surface area contributed by atoms with Crippen LogP contribution in [0.1, 0.15) is 13.8 Å². The van der Waals surface area contributed by atoms with Crippen LogP contribution in [-0.4, -0.2) is 37.2 Å². The summed E-state index contributed by atoms with van der Waals surface area (Å²) in [4.78, 5) is 2.34. The van der Waals surface area contributed by atoms with Gasteiger partial charge in [0, 0.05) is 12.3 Å². The van der Waals surface area contributed by atoms with Gasteiger partial charge in [-0.2, -0.15) is 0 Å². The molecule has 2 atom stereocenters. The lowest BCUT2D eigenvalue weighted by atomic mass is 10.2. The summed E-state index contributed by atoms with van der Waals surface area (Å²) < 4.78 is 11.6. The van der Waals surface area contributed by atoms with E-state index in [-0.39, 0.29) is 11.7 Å². The number of benzene rings is 1. The highest BCUT2D eigenvalue weighted by Gasteiger charge is 2.28. The van der Waals surface area contributed by atoms with E-state index >= 15 is 0 Å². The normalized spacial score (nSPS) is 24.2. The first-order chi connectivity index (χ1) is 8.83. The molecule has 1 aliphatic rings. The van der Waals surface area contributed by atoms with Crippen LogP contribution in [0.3, 0.4) is 0 Å². The Morgan fingerprint density at radius 3 is 2.72 bits per heavy atom. The number of hydrogen-bond acceptors (Lipinski definition) is 4. The van der Waals surface area contributed by atoms with E-state index in [1.807, 2.05) is 24.8 Å². The summed E-state index contributed by atoms with van der Waals surface area (Å²) in [5.74, 6) is 1.06. The van der Waals surface area contributed by atoms with E-state index in [2.05, 4.69) is 36.1 Å². The molecule has 0 bridgehead atoms. The van der Waals surface area contributed by atoms with Gasteiger partial charge in [-0.15, -0.1) is 11.8 Å². The smallest absolute Gasteiger partial charge is 0.176 e. The summed E-state index contributed by atoms with van der Waals surface area (Å²) in [6.45, 7) is 6.58. The number of anilines is 1. The molecule has 0 aliphatic carbocycles. The first-order valence-corrected chi connectivity index (χ1v) is 7.57. The van der Waals surface area contributed by atoms with Crippen molar-refractivity contribution in [2.75, 3.05) is 30.3 Å². The maximum atomic E-state index is 5.92. The maximum absolute atomic E-state index is 5.92. The van der Waals surface area contributed by atoms with Gasteiger partial charge in [0.25, 0.3) is 0 Å². The van der Waals surface area contributed by atoms with E-state index in [4.69, 9.17) is 9.47 Å². The Morgan fingerprint density at radius 1 is 1.28 bits per heavy atom. The number of rotatable bonds is 5. The third-order valence-electron chi connectivity index (χ3n) is 2.87. The Bertz CT molecular complexity index is 333. The minimum Gasteiger partial charge on any atom is -0.363 e. The van der Waals surface area contributed by atoms with Crippen molar-refractivity contribution in [1.82, 2.24) is 0 Å². The molecular weight excluding hydrogens is 246 g/mol. The zero-order valence-electron chi connectivity index (χ0n) is 11.0. The molecule has 0 saturated carbocycles. The number of nitrogens with zero attached hydrogens (tertiary/aromatic N) is 1. The largest absolute Gasteiger partial charge is 0.363 e. The Balaban J connectivity index is 2.05. The fraction of sp³-hybridized carbons (Fsp3) is 0.571. The summed E-state index contributed by atoms with van der Waals surface area (Å²) in [6, 6.07) is 10.5. The van der Waals surface area contributed by atoms with E-state index in [9.17, 15) is 0 Å². The second kappa shape index (κ2) is 7.02. The van der Waals surface area contributed by atoms with Crippen molar-refractivity contribution < 1.29 is 9.47 Å². The van der Waals surface area contributed by atoms with Crippen molar-refractivity contribution in [3.05, 3.63) is 30.3 Å². The fourth-order valence-corrected chi connectivity index (χ4v) is 2.95. The average molecular weight is 267 g/mol. The van der Waals surface area contributed by atoms with Gasteiger partial charge in [0.1, 0.15) is 5.44 Å². The lowest BCUT2D eigenvalue weighted by Gasteiger charge is -2.38. The second-order valence-corrected chi connectivity index (χ2v) is 5.58. The van der Waals surface area contributed by atoms with Gasteiger partial charge in [0.15, 0.2) is 6.29 Å². The van der Waals surface area contributed by atoms with Gasteiger partial charge >= 0.3 is 0 Å². The number of hydrogen-bond donors (Lipinski definition) is 0.